The molecule has 2 N–H and O–H groups in total. The summed E-state index contributed by atoms with van der Waals surface area (Å²) in [5.74, 6) is -1.67. The zero-order valence-corrected chi connectivity index (χ0v) is 9.34. The van der Waals surface area contributed by atoms with Crippen molar-refractivity contribution in [2.24, 2.45) is 5.73 Å². The highest BCUT2D eigenvalue weighted by atomic mass is 79.9. The van der Waals surface area contributed by atoms with Gasteiger partial charge in [-0.15, -0.1) is 12.4 Å². The first-order chi connectivity index (χ1) is 6.07. The van der Waals surface area contributed by atoms with Crippen LogP contribution in [-0.2, 0) is 0 Å². The Morgan fingerprint density at radius 2 is 1.93 bits per heavy atom. The molecule has 0 unspecified atom stereocenters. The normalized spacial score (nSPS) is 12.1. The van der Waals surface area contributed by atoms with E-state index >= 15 is 0 Å². The quantitative estimate of drug-likeness (QED) is 0.832. The Labute approximate surface area is 94.0 Å². The number of nitrogens with two attached hydrogens (primary N) is 1. The Morgan fingerprint density at radius 3 is 2.43 bits per heavy atom. The molecule has 0 spiro atoms. The maximum atomic E-state index is 13.2. The van der Waals surface area contributed by atoms with Gasteiger partial charge in [-0.2, -0.15) is 0 Å². The summed E-state index contributed by atoms with van der Waals surface area (Å²) in [5.41, 5.74) is 4.77. The van der Waals surface area contributed by atoms with Crippen molar-refractivity contribution >= 4 is 28.3 Å². The van der Waals surface area contributed by atoms with Gasteiger partial charge in [0.25, 0.3) is 0 Å². The first-order valence-electron chi connectivity index (χ1n) is 3.53. The molecule has 0 saturated carbocycles. The van der Waals surface area contributed by atoms with E-state index < -0.39 is 29.9 Å². The summed E-state index contributed by atoms with van der Waals surface area (Å²) in [5, 5.41) is 0. The Balaban J connectivity index is 0.00000169. The van der Waals surface area contributed by atoms with E-state index in [1.807, 2.05) is 0 Å². The van der Waals surface area contributed by atoms with Gasteiger partial charge in [0, 0.05) is 5.56 Å². The average molecular weight is 291 g/mol. The van der Waals surface area contributed by atoms with Crippen molar-refractivity contribution in [2.45, 2.75) is 6.04 Å². The van der Waals surface area contributed by atoms with Crippen LogP contribution >= 0.6 is 28.3 Å². The van der Waals surface area contributed by atoms with Crippen LogP contribution in [0.2, 0.25) is 0 Å². The highest BCUT2D eigenvalue weighted by Gasteiger charge is 2.18. The maximum Gasteiger partial charge on any atom is 0.145 e. The third kappa shape index (κ3) is 2.62. The summed E-state index contributed by atoms with van der Waals surface area (Å²) in [6.45, 7) is -0.996. The standard InChI is InChI=1S/C8H7BrF3N.ClH/c9-4-1-2-5(11)7(8(4)12)6(13)3-10;/h1-2,6H,3,13H2;1H/t6-;/m0./s1. The molecule has 80 valence electrons. The predicted molar refractivity (Wildman–Crippen MR) is 54.2 cm³/mol. The molecule has 0 aliphatic rings. The van der Waals surface area contributed by atoms with Crippen LogP contribution in [0.4, 0.5) is 13.2 Å². The minimum atomic E-state index is -1.25. The molecule has 0 radical (unpaired) electrons. The lowest BCUT2D eigenvalue weighted by Gasteiger charge is -2.10. The molecule has 1 nitrogen and oxygen atoms in total. The number of hydrogen-bond acceptors (Lipinski definition) is 1. The van der Waals surface area contributed by atoms with E-state index in [1.54, 1.807) is 0 Å². The van der Waals surface area contributed by atoms with Crippen LogP contribution < -0.4 is 5.73 Å². The second-order valence-corrected chi connectivity index (χ2v) is 3.37. The van der Waals surface area contributed by atoms with Crippen molar-refractivity contribution in [3.05, 3.63) is 33.8 Å². The number of hydrogen-bond donors (Lipinski definition) is 1. The number of benzene rings is 1. The van der Waals surface area contributed by atoms with Gasteiger partial charge in [-0.05, 0) is 28.1 Å². The Bertz CT molecular complexity index is 322. The van der Waals surface area contributed by atoms with E-state index in [-0.39, 0.29) is 16.9 Å². The second-order valence-electron chi connectivity index (χ2n) is 2.52. The van der Waals surface area contributed by atoms with Crippen LogP contribution in [0.3, 0.4) is 0 Å². The predicted octanol–water partition coefficient (Wildman–Crippen LogP) is 3.12. The lowest BCUT2D eigenvalue weighted by molar-refractivity contribution is 0.413. The fourth-order valence-electron chi connectivity index (χ4n) is 0.960. The zero-order valence-electron chi connectivity index (χ0n) is 6.94. The van der Waals surface area contributed by atoms with Crippen LogP contribution in [0, 0.1) is 11.6 Å². The molecular weight excluding hydrogens is 282 g/mol. The van der Waals surface area contributed by atoms with E-state index in [4.69, 9.17) is 5.73 Å². The van der Waals surface area contributed by atoms with Crippen LogP contribution in [0.5, 0.6) is 0 Å². The molecule has 1 atom stereocenters. The van der Waals surface area contributed by atoms with Gasteiger partial charge in [0.2, 0.25) is 0 Å². The lowest BCUT2D eigenvalue weighted by atomic mass is 10.1. The van der Waals surface area contributed by atoms with E-state index in [9.17, 15) is 13.2 Å². The third-order valence-electron chi connectivity index (χ3n) is 1.62. The monoisotopic (exact) mass is 289 g/mol. The Morgan fingerprint density at radius 1 is 1.36 bits per heavy atom. The number of rotatable bonds is 2. The van der Waals surface area contributed by atoms with Crippen molar-refractivity contribution in [3.63, 3.8) is 0 Å². The molecule has 0 bridgehead atoms. The van der Waals surface area contributed by atoms with E-state index in [2.05, 4.69) is 15.9 Å². The minimum absolute atomic E-state index is 0. The van der Waals surface area contributed by atoms with Gasteiger partial charge in [-0.3, -0.25) is 0 Å². The van der Waals surface area contributed by atoms with Crippen molar-refractivity contribution in [3.8, 4) is 0 Å². The highest BCUT2D eigenvalue weighted by Crippen LogP contribution is 2.25. The summed E-state index contributed by atoms with van der Waals surface area (Å²) >= 11 is 2.86. The zero-order chi connectivity index (χ0) is 10.0. The summed E-state index contributed by atoms with van der Waals surface area (Å²) in [6.07, 6.45) is 0. The smallest absolute Gasteiger partial charge is 0.145 e. The van der Waals surface area contributed by atoms with Gasteiger partial charge >= 0.3 is 0 Å². The van der Waals surface area contributed by atoms with E-state index in [0.29, 0.717) is 0 Å². The fourth-order valence-corrected chi connectivity index (χ4v) is 1.31. The van der Waals surface area contributed by atoms with Crippen molar-refractivity contribution in [2.75, 3.05) is 6.67 Å². The third-order valence-corrected chi connectivity index (χ3v) is 2.23. The molecule has 0 aliphatic carbocycles. The molecule has 0 saturated heterocycles. The second kappa shape index (κ2) is 5.58. The number of halogens is 5. The average Bonchev–Trinajstić information content (AvgIpc) is 2.12. The van der Waals surface area contributed by atoms with E-state index in [1.165, 1.54) is 6.07 Å². The molecule has 6 heteroatoms. The molecule has 0 heterocycles. The summed E-state index contributed by atoms with van der Waals surface area (Å²) in [7, 11) is 0. The van der Waals surface area contributed by atoms with E-state index in [0.717, 1.165) is 6.07 Å². The molecular formula is C8H8BrClF3N. The summed E-state index contributed by atoms with van der Waals surface area (Å²) in [4.78, 5) is 0. The number of alkyl halides is 1. The van der Waals surface area contributed by atoms with Gasteiger partial charge in [-0.1, -0.05) is 0 Å². The molecule has 0 fully saturated rings. The summed E-state index contributed by atoms with van der Waals surface area (Å²) in [6, 6.07) is 0.995. The molecule has 1 rings (SSSR count). The fraction of sp³-hybridized carbons (Fsp3) is 0.250. The molecule has 0 amide bonds. The van der Waals surface area contributed by atoms with Crippen LogP contribution in [-0.4, -0.2) is 6.67 Å². The van der Waals surface area contributed by atoms with Crippen molar-refractivity contribution in [1.29, 1.82) is 0 Å². The van der Waals surface area contributed by atoms with Crippen molar-refractivity contribution in [1.82, 2.24) is 0 Å². The first-order valence-corrected chi connectivity index (χ1v) is 4.32. The minimum Gasteiger partial charge on any atom is -0.322 e. The Hall–Kier alpha value is -0.260. The van der Waals surface area contributed by atoms with Crippen LogP contribution in [0.15, 0.2) is 16.6 Å². The molecule has 14 heavy (non-hydrogen) atoms. The van der Waals surface area contributed by atoms with Gasteiger partial charge in [0.15, 0.2) is 0 Å². The van der Waals surface area contributed by atoms with Gasteiger partial charge < -0.3 is 5.73 Å². The molecule has 0 aromatic heterocycles. The SMILES string of the molecule is Cl.N[C@@H](CF)c1c(F)ccc(Br)c1F. The lowest BCUT2D eigenvalue weighted by Crippen LogP contribution is -2.16. The van der Waals surface area contributed by atoms with Gasteiger partial charge in [0.05, 0.1) is 10.5 Å². The van der Waals surface area contributed by atoms with Crippen molar-refractivity contribution < 1.29 is 13.2 Å². The first kappa shape index (κ1) is 13.7. The molecule has 1 aromatic carbocycles. The maximum absolute atomic E-state index is 13.2. The Kier molecular flexibility index (Phi) is 5.48. The van der Waals surface area contributed by atoms with Crippen LogP contribution in [0.25, 0.3) is 0 Å². The van der Waals surface area contributed by atoms with Crippen LogP contribution in [0.1, 0.15) is 11.6 Å². The highest BCUT2D eigenvalue weighted by molar-refractivity contribution is 9.10. The van der Waals surface area contributed by atoms with Gasteiger partial charge in [-0.25, -0.2) is 13.2 Å². The summed E-state index contributed by atoms with van der Waals surface area (Å²) < 4.78 is 38.3. The topological polar surface area (TPSA) is 26.0 Å². The van der Waals surface area contributed by atoms with Gasteiger partial charge in [0.1, 0.15) is 18.3 Å². The molecule has 0 aliphatic heterocycles. The molecule has 1 aromatic rings. The largest absolute Gasteiger partial charge is 0.322 e.